The van der Waals surface area contributed by atoms with Crippen molar-refractivity contribution in [1.29, 1.82) is 0 Å². The molecule has 2 rings (SSSR count). The van der Waals surface area contributed by atoms with Crippen LogP contribution in [0.1, 0.15) is 25.7 Å². The van der Waals surface area contributed by atoms with E-state index in [1.54, 1.807) is 0 Å². The zero-order valence-corrected chi connectivity index (χ0v) is 9.08. The molecule has 0 aliphatic carbocycles. The maximum absolute atomic E-state index is 5.63. The Kier molecular flexibility index (Phi) is 4.00. The van der Waals surface area contributed by atoms with Crippen molar-refractivity contribution in [2.24, 2.45) is 11.8 Å². The molecular weight excluding hydrogens is 192 g/mol. The molecule has 2 aliphatic heterocycles. The number of nitrogens with one attached hydrogen (secondary N) is 1. The number of ether oxygens (including phenoxy) is 2. The minimum atomic E-state index is 0.227. The van der Waals surface area contributed by atoms with Crippen molar-refractivity contribution in [3.8, 4) is 0 Å². The summed E-state index contributed by atoms with van der Waals surface area (Å²) in [7, 11) is 0. The molecule has 2 aliphatic rings. The van der Waals surface area contributed by atoms with E-state index in [9.17, 15) is 0 Å². The number of hydrogen-bond donors (Lipinski definition) is 2. The Bertz CT molecular complexity index is 225. The van der Waals surface area contributed by atoms with Crippen LogP contribution in [0.5, 0.6) is 0 Å². The van der Waals surface area contributed by atoms with Crippen molar-refractivity contribution in [2.75, 3.05) is 19.8 Å². The summed E-state index contributed by atoms with van der Waals surface area (Å²) in [5.74, 6) is 6.13. The first-order chi connectivity index (χ1) is 7.42. The van der Waals surface area contributed by atoms with Gasteiger partial charge in [-0.25, -0.2) is 0 Å². The lowest BCUT2D eigenvalue weighted by Gasteiger charge is -2.32. The number of rotatable bonds is 3. The highest BCUT2D eigenvalue weighted by molar-refractivity contribution is 5.11. The zero-order chi connectivity index (χ0) is 10.5. The predicted molar refractivity (Wildman–Crippen MR) is 57.9 cm³/mol. The van der Waals surface area contributed by atoms with Crippen LogP contribution < -0.4 is 11.3 Å². The van der Waals surface area contributed by atoms with Gasteiger partial charge in [-0.1, -0.05) is 0 Å². The zero-order valence-electron chi connectivity index (χ0n) is 9.08. The SMILES string of the molecule is NNC(C1=COCCC1)C1CCCOC1. The Balaban J connectivity index is 1.98. The van der Waals surface area contributed by atoms with Crippen LogP contribution in [0, 0.1) is 5.92 Å². The Hall–Kier alpha value is -0.580. The lowest BCUT2D eigenvalue weighted by molar-refractivity contribution is 0.0425. The van der Waals surface area contributed by atoms with Crippen molar-refractivity contribution in [3.05, 3.63) is 11.8 Å². The van der Waals surface area contributed by atoms with E-state index in [2.05, 4.69) is 5.43 Å². The third-order valence-corrected chi connectivity index (χ3v) is 3.21. The van der Waals surface area contributed by atoms with E-state index in [0.717, 1.165) is 39.1 Å². The fourth-order valence-electron chi connectivity index (χ4n) is 2.39. The average molecular weight is 212 g/mol. The largest absolute Gasteiger partial charge is 0.501 e. The second kappa shape index (κ2) is 5.49. The van der Waals surface area contributed by atoms with E-state index in [-0.39, 0.29) is 6.04 Å². The van der Waals surface area contributed by atoms with Gasteiger partial charge >= 0.3 is 0 Å². The maximum Gasteiger partial charge on any atom is 0.0876 e. The van der Waals surface area contributed by atoms with Gasteiger partial charge in [0, 0.05) is 12.5 Å². The van der Waals surface area contributed by atoms with Crippen molar-refractivity contribution in [2.45, 2.75) is 31.7 Å². The van der Waals surface area contributed by atoms with Crippen LogP contribution in [0.4, 0.5) is 0 Å². The highest BCUT2D eigenvalue weighted by atomic mass is 16.5. The van der Waals surface area contributed by atoms with Crippen LogP contribution >= 0.6 is 0 Å². The Morgan fingerprint density at radius 2 is 2.33 bits per heavy atom. The van der Waals surface area contributed by atoms with Gasteiger partial charge in [-0.15, -0.1) is 0 Å². The van der Waals surface area contributed by atoms with Crippen molar-refractivity contribution in [1.82, 2.24) is 5.43 Å². The molecule has 2 unspecified atom stereocenters. The highest BCUT2D eigenvalue weighted by Crippen LogP contribution is 2.25. The molecule has 86 valence electrons. The molecule has 15 heavy (non-hydrogen) atoms. The molecule has 1 fully saturated rings. The minimum Gasteiger partial charge on any atom is -0.501 e. The molecule has 0 saturated carbocycles. The van der Waals surface area contributed by atoms with E-state index in [1.165, 1.54) is 12.0 Å². The molecule has 3 N–H and O–H groups in total. The summed E-state index contributed by atoms with van der Waals surface area (Å²) in [5.41, 5.74) is 4.20. The van der Waals surface area contributed by atoms with E-state index in [1.807, 2.05) is 6.26 Å². The summed E-state index contributed by atoms with van der Waals surface area (Å²) in [4.78, 5) is 0. The van der Waals surface area contributed by atoms with E-state index in [4.69, 9.17) is 15.3 Å². The van der Waals surface area contributed by atoms with Gasteiger partial charge in [-0.05, 0) is 31.3 Å². The van der Waals surface area contributed by atoms with Gasteiger partial charge in [0.2, 0.25) is 0 Å². The summed E-state index contributed by atoms with van der Waals surface area (Å²) in [6.45, 7) is 2.54. The van der Waals surface area contributed by atoms with Crippen molar-refractivity contribution < 1.29 is 9.47 Å². The van der Waals surface area contributed by atoms with Crippen LogP contribution in [-0.2, 0) is 9.47 Å². The van der Waals surface area contributed by atoms with Gasteiger partial charge in [0.1, 0.15) is 0 Å². The normalized spacial score (nSPS) is 29.1. The van der Waals surface area contributed by atoms with Crippen LogP contribution in [-0.4, -0.2) is 25.9 Å². The lowest BCUT2D eigenvalue weighted by Crippen LogP contribution is -2.45. The number of hydrogen-bond acceptors (Lipinski definition) is 4. The quantitative estimate of drug-likeness (QED) is 0.540. The topological polar surface area (TPSA) is 56.5 Å². The molecule has 2 atom stereocenters. The summed E-state index contributed by atoms with van der Waals surface area (Å²) in [5, 5.41) is 0. The molecule has 0 aromatic carbocycles. The number of nitrogens with two attached hydrogens (primary N) is 1. The monoisotopic (exact) mass is 212 g/mol. The maximum atomic E-state index is 5.63. The van der Waals surface area contributed by atoms with Gasteiger partial charge < -0.3 is 9.47 Å². The molecule has 4 nitrogen and oxygen atoms in total. The van der Waals surface area contributed by atoms with Gasteiger partial charge in [0.15, 0.2) is 0 Å². The molecule has 0 aromatic heterocycles. The fourth-order valence-corrected chi connectivity index (χ4v) is 2.39. The molecule has 0 amide bonds. The van der Waals surface area contributed by atoms with E-state index in [0.29, 0.717) is 5.92 Å². The van der Waals surface area contributed by atoms with E-state index >= 15 is 0 Å². The van der Waals surface area contributed by atoms with Crippen molar-refractivity contribution in [3.63, 3.8) is 0 Å². The van der Waals surface area contributed by atoms with Gasteiger partial charge in [0.25, 0.3) is 0 Å². The molecule has 0 radical (unpaired) electrons. The van der Waals surface area contributed by atoms with E-state index < -0.39 is 0 Å². The predicted octanol–water partition coefficient (Wildman–Crippen LogP) is 0.939. The lowest BCUT2D eigenvalue weighted by atomic mass is 9.87. The molecule has 4 heteroatoms. The smallest absolute Gasteiger partial charge is 0.0876 e. The van der Waals surface area contributed by atoms with Crippen LogP contribution in [0.3, 0.4) is 0 Å². The third-order valence-electron chi connectivity index (χ3n) is 3.21. The molecule has 2 heterocycles. The second-order valence-electron chi connectivity index (χ2n) is 4.29. The standard InChI is InChI=1S/C11H20N2O2/c12-13-11(9-3-1-5-14-7-9)10-4-2-6-15-8-10/h7,10-11,13H,1-6,8,12H2. The fraction of sp³-hybridized carbons (Fsp3) is 0.818. The average Bonchev–Trinajstić information content (AvgIpc) is 2.33. The summed E-state index contributed by atoms with van der Waals surface area (Å²) in [6, 6.07) is 0.227. The second-order valence-corrected chi connectivity index (χ2v) is 4.29. The first-order valence-corrected chi connectivity index (χ1v) is 5.76. The highest BCUT2D eigenvalue weighted by Gasteiger charge is 2.27. The first kappa shape index (κ1) is 10.9. The van der Waals surface area contributed by atoms with Crippen LogP contribution in [0.25, 0.3) is 0 Å². The minimum absolute atomic E-state index is 0.227. The Morgan fingerprint density at radius 1 is 1.40 bits per heavy atom. The van der Waals surface area contributed by atoms with Gasteiger partial charge in [0.05, 0.1) is 25.5 Å². The molecule has 0 bridgehead atoms. The van der Waals surface area contributed by atoms with Gasteiger partial charge in [-0.3, -0.25) is 11.3 Å². The Morgan fingerprint density at radius 3 is 2.93 bits per heavy atom. The molecule has 0 spiro atoms. The summed E-state index contributed by atoms with van der Waals surface area (Å²) in [6.07, 6.45) is 6.38. The number of hydrazine groups is 1. The Labute approximate surface area is 90.8 Å². The first-order valence-electron chi connectivity index (χ1n) is 5.76. The third kappa shape index (κ3) is 2.71. The molecule has 0 aromatic rings. The van der Waals surface area contributed by atoms with Crippen LogP contribution in [0.2, 0.25) is 0 Å². The molecular formula is C11H20N2O2. The molecule has 1 saturated heterocycles. The van der Waals surface area contributed by atoms with Crippen LogP contribution in [0.15, 0.2) is 11.8 Å². The summed E-state index contributed by atoms with van der Waals surface area (Å²) >= 11 is 0. The van der Waals surface area contributed by atoms with Gasteiger partial charge in [-0.2, -0.15) is 0 Å². The van der Waals surface area contributed by atoms with Crippen molar-refractivity contribution >= 4 is 0 Å². The summed E-state index contributed by atoms with van der Waals surface area (Å²) < 4.78 is 10.8.